The SMILES string of the molecule is COc1cccc(-c2coc(C(C)C)n2)c1. The van der Waals surface area contributed by atoms with E-state index in [9.17, 15) is 0 Å². The van der Waals surface area contributed by atoms with Crippen LogP contribution in [0.25, 0.3) is 11.3 Å². The molecule has 84 valence electrons. The van der Waals surface area contributed by atoms with Crippen LogP contribution >= 0.6 is 0 Å². The van der Waals surface area contributed by atoms with Crippen LogP contribution in [0, 0.1) is 0 Å². The number of ether oxygens (including phenoxy) is 1. The number of nitrogens with zero attached hydrogens (tertiary/aromatic N) is 1. The van der Waals surface area contributed by atoms with Crippen molar-refractivity contribution in [1.29, 1.82) is 0 Å². The van der Waals surface area contributed by atoms with Gasteiger partial charge in [-0.1, -0.05) is 26.0 Å². The Hall–Kier alpha value is -1.77. The number of rotatable bonds is 3. The van der Waals surface area contributed by atoms with Crippen LogP contribution in [0.15, 0.2) is 34.9 Å². The number of benzene rings is 1. The highest BCUT2D eigenvalue weighted by Crippen LogP contribution is 2.25. The molecule has 0 unspecified atom stereocenters. The first-order valence-corrected chi connectivity index (χ1v) is 5.30. The molecule has 0 aliphatic heterocycles. The van der Waals surface area contributed by atoms with Crippen LogP contribution in [0.4, 0.5) is 0 Å². The fourth-order valence-electron chi connectivity index (χ4n) is 1.47. The first-order valence-electron chi connectivity index (χ1n) is 5.30. The fourth-order valence-corrected chi connectivity index (χ4v) is 1.47. The average Bonchev–Trinajstić information content (AvgIpc) is 2.78. The maximum atomic E-state index is 5.40. The van der Waals surface area contributed by atoms with E-state index in [1.165, 1.54) is 0 Å². The molecule has 1 aromatic heterocycles. The minimum absolute atomic E-state index is 0.305. The van der Waals surface area contributed by atoms with Gasteiger partial charge in [-0.25, -0.2) is 4.98 Å². The van der Waals surface area contributed by atoms with E-state index in [0.29, 0.717) is 5.92 Å². The molecule has 16 heavy (non-hydrogen) atoms. The van der Waals surface area contributed by atoms with E-state index < -0.39 is 0 Å². The first kappa shape index (κ1) is 10.7. The van der Waals surface area contributed by atoms with Gasteiger partial charge in [0, 0.05) is 11.5 Å². The lowest BCUT2D eigenvalue weighted by atomic mass is 10.1. The molecule has 0 radical (unpaired) electrons. The van der Waals surface area contributed by atoms with Gasteiger partial charge in [0.25, 0.3) is 0 Å². The molecular weight excluding hydrogens is 202 g/mol. The minimum Gasteiger partial charge on any atom is -0.497 e. The predicted octanol–water partition coefficient (Wildman–Crippen LogP) is 3.47. The Morgan fingerprint density at radius 1 is 1.31 bits per heavy atom. The van der Waals surface area contributed by atoms with E-state index in [1.807, 2.05) is 24.3 Å². The summed E-state index contributed by atoms with van der Waals surface area (Å²) < 4.78 is 10.6. The van der Waals surface area contributed by atoms with Gasteiger partial charge in [0.1, 0.15) is 17.7 Å². The first-order chi connectivity index (χ1) is 7.70. The number of oxazole rings is 1. The van der Waals surface area contributed by atoms with Crippen LogP contribution in [-0.4, -0.2) is 12.1 Å². The van der Waals surface area contributed by atoms with E-state index >= 15 is 0 Å². The molecule has 2 rings (SSSR count). The molecule has 2 aromatic rings. The summed E-state index contributed by atoms with van der Waals surface area (Å²) in [6.45, 7) is 4.11. The fraction of sp³-hybridized carbons (Fsp3) is 0.308. The maximum absolute atomic E-state index is 5.40. The second-order valence-corrected chi connectivity index (χ2v) is 3.96. The van der Waals surface area contributed by atoms with E-state index in [1.54, 1.807) is 13.4 Å². The van der Waals surface area contributed by atoms with E-state index in [-0.39, 0.29) is 0 Å². The topological polar surface area (TPSA) is 35.3 Å². The molecule has 3 heteroatoms. The molecule has 0 fully saturated rings. The van der Waals surface area contributed by atoms with Crippen molar-refractivity contribution in [3.05, 3.63) is 36.4 Å². The molecule has 1 aromatic carbocycles. The molecular formula is C13H15NO2. The van der Waals surface area contributed by atoms with Gasteiger partial charge in [0.15, 0.2) is 5.89 Å². The van der Waals surface area contributed by atoms with Gasteiger partial charge >= 0.3 is 0 Å². The van der Waals surface area contributed by atoms with Gasteiger partial charge in [-0.05, 0) is 12.1 Å². The largest absolute Gasteiger partial charge is 0.497 e. The lowest BCUT2D eigenvalue weighted by molar-refractivity contribution is 0.415. The molecule has 0 N–H and O–H groups in total. The summed E-state index contributed by atoms with van der Waals surface area (Å²) in [5.41, 5.74) is 1.86. The van der Waals surface area contributed by atoms with Gasteiger partial charge in [-0.2, -0.15) is 0 Å². The zero-order chi connectivity index (χ0) is 11.5. The molecule has 3 nitrogen and oxygen atoms in total. The third-order valence-corrected chi connectivity index (χ3v) is 2.38. The monoisotopic (exact) mass is 217 g/mol. The zero-order valence-corrected chi connectivity index (χ0v) is 9.73. The molecule has 0 amide bonds. The molecule has 0 atom stereocenters. The Morgan fingerprint density at radius 3 is 2.75 bits per heavy atom. The molecule has 1 heterocycles. The summed E-state index contributed by atoms with van der Waals surface area (Å²) in [6, 6.07) is 7.79. The third-order valence-electron chi connectivity index (χ3n) is 2.38. The highest BCUT2D eigenvalue weighted by atomic mass is 16.5. The molecule has 0 bridgehead atoms. The van der Waals surface area contributed by atoms with Gasteiger partial charge in [0.2, 0.25) is 0 Å². The second kappa shape index (κ2) is 4.39. The predicted molar refractivity (Wildman–Crippen MR) is 62.6 cm³/mol. The summed E-state index contributed by atoms with van der Waals surface area (Å²) in [4.78, 5) is 4.43. The second-order valence-electron chi connectivity index (χ2n) is 3.96. The van der Waals surface area contributed by atoms with Crippen molar-refractivity contribution in [2.45, 2.75) is 19.8 Å². The van der Waals surface area contributed by atoms with Crippen LogP contribution in [0.5, 0.6) is 5.75 Å². The quantitative estimate of drug-likeness (QED) is 0.789. The van der Waals surface area contributed by atoms with E-state index in [0.717, 1.165) is 22.9 Å². The van der Waals surface area contributed by atoms with Crippen LogP contribution in [0.1, 0.15) is 25.7 Å². The van der Waals surface area contributed by atoms with Gasteiger partial charge in [-0.15, -0.1) is 0 Å². The maximum Gasteiger partial charge on any atom is 0.197 e. The van der Waals surface area contributed by atoms with Crippen LogP contribution in [0.2, 0.25) is 0 Å². The molecule has 0 aliphatic carbocycles. The van der Waals surface area contributed by atoms with Gasteiger partial charge in [-0.3, -0.25) is 0 Å². The molecule has 0 saturated heterocycles. The lowest BCUT2D eigenvalue weighted by Crippen LogP contribution is -1.87. The van der Waals surface area contributed by atoms with Crippen molar-refractivity contribution in [1.82, 2.24) is 4.98 Å². The zero-order valence-electron chi connectivity index (χ0n) is 9.73. The van der Waals surface area contributed by atoms with Crippen molar-refractivity contribution >= 4 is 0 Å². The van der Waals surface area contributed by atoms with Crippen molar-refractivity contribution in [2.24, 2.45) is 0 Å². The number of hydrogen-bond donors (Lipinski definition) is 0. The third kappa shape index (κ3) is 2.08. The summed E-state index contributed by atoms with van der Waals surface area (Å²) >= 11 is 0. The summed E-state index contributed by atoms with van der Waals surface area (Å²) in [5, 5.41) is 0. The summed E-state index contributed by atoms with van der Waals surface area (Å²) in [7, 11) is 1.65. The minimum atomic E-state index is 0.305. The van der Waals surface area contributed by atoms with Gasteiger partial charge in [0.05, 0.1) is 7.11 Å². The van der Waals surface area contributed by atoms with Crippen molar-refractivity contribution in [3.63, 3.8) is 0 Å². The molecule has 0 aliphatic rings. The Bertz CT molecular complexity index is 474. The van der Waals surface area contributed by atoms with Gasteiger partial charge < -0.3 is 9.15 Å². The van der Waals surface area contributed by atoms with Crippen LogP contribution < -0.4 is 4.74 Å². The van der Waals surface area contributed by atoms with E-state index in [2.05, 4.69) is 18.8 Å². The van der Waals surface area contributed by atoms with E-state index in [4.69, 9.17) is 9.15 Å². The normalized spacial score (nSPS) is 10.8. The number of aromatic nitrogens is 1. The summed E-state index contributed by atoms with van der Waals surface area (Å²) in [6.07, 6.45) is 1.68. The average molecular weight is 217 g/mol. The Morgan fingerprint density at radius 2 is 2.12 bits per heavy atom. The smallest absolute Gasteiger partial charge is 0.197 e. The Labute approximate surface area is 95.1 Å². The molecule has 0 saturated carbocycles. The van der Waals surface area contributed by atoms with Crippen LogP contribution in [-0.2, 0) is 0 Å². The number of hydrogen-bond acceptors (Lipinski definition) is 3. The van der Waals surface area contributed by atoms with Crippen molar-refractivity contribution < 1.29 is 9.15 Å². The lowest BCUT2D eigenvalue weighted by Gasteiger charge is -2.01. The highest BCUT2D eigenvalue weighted by molar-refractivity contribution is 5.60. The van der Waals surface area contributed by atoms with Crippen LogP contribution in [0.3, 0.4) is 0 Å². The summed E-state index contributed by atoms with van der Waals surface area (Å²) in [5.74, 6) is 1.89. The number of methoxy groups -OCH3 is 1. The standard InChI is InChI=1S/C13H15NO2/c1-9(2)13-14-12(8-16-13)10-5-4-6-11(7-10)15-3/h4-9H,1-3H3. The van der Waals surface area contributed by atoms with Crippen molar-refractivity contribution in [2.75, 3.05) is 7.11 Å². The van der Waals surface area contributed by atoms with Crippen molar-refractivity contribution in [3.8, 4) is 17.0 Å². The Kier molecular flexibility index (Phi) is 2.95. The Balaban J connectivity index is 2.34. The molecule has 0 spiro atoms. The highest BCUT2D eigenvalue weighted by Gasteiger charge is 2.09.